The molecule has 2 aromatic rings. The molecule has 6 atom stereocenters. The Hall–Kier alpha value is -5.38. The standard InChI is InChI=1S/C38H46N2O13S/c1-22(13-23-9-5-3-6-10-23)30(41)15-25(14-24-11-7-4-8-12-24)36(50)39-28(19-34(46)47)31(42)16-26(18-33(44)45)37(51)40-29(20-35(48)49)32(43)17-27(21-54-2)38(52)53/h3-12,22,25-29H,13-21H2,1-2H3,(H,39,50)(H,40,51)(H,44,45)(H,46,47)(H,48,49)(H,52,53)/t22-,25+,26-,27-,28-,29-/m0/s1. The fraction of sp³-hybridized carbons (Fsp3) is 0.447. The van der Waals surface area contributed by atoms with Gasteiger partial charge < -0.3 is 31.1 Å². The predicted molar refractivity (Wildman–Crippen MR) is 195 cm³/mol. The van der Waals surface area contributed by atoms with E-state index in [0.29, 0.717) is 12.0 Å². The van der Waals surface area contributed by atoms with Gasteiger partial charge in [0.1, 0.15) is 5.78 Å². The lowest BCUT2D eigenvalue weighted by molar-refractivity contribution is -0.145. The van der Waals surface area contributed by atoms with Crippen molar-refractivity contribution in [1.29, 1.82) is 0 Å². The van der Waals surface area contributed by atoms with Crippen LogP contribution in [0.25, 0.3) is 0 Å². The van der Waals surface area contributed by atoms with Crippen LogP contribution in [0.3, 0.4) is 0 Å². The third-order valence-corrected chi connectivity index (χ3v) is 9.39. The summed E-state index contributed by atoms with van der Waals surface area (Å²) >= 11 is 1.13. The average Bonchev–Trinajstić information content (AvgIpc) is 3.10. The van der Waals surface area contributed by atoms with Gasteiger partial charge in [-0.05, 0) is 30.2 Å². The van der Waals surface area contributed by atoms with Gasteiger partial charge in [0.15, 0.2) is 11.6 Å². The van der Waals surface area contributed by atoms with Gasteiger partial charge in [0.25, 0.3) is 0 Å². The van der Waals surface area contributed by atoms with E-state index in [4.69, 9.17) is 0 Å². The van der Waals surface area contributed by atoms with Crippen LogP contribution in [0.15, 0.2) is 60.7 Å². The zero-order valence-corrected chi connectivity index (χ0v) is 30.8. The van der Waals surface area contributed by atoms with E-state index in [1.54, 1.807) is 43.5 Å². The summed E-state index contributed by atoms with van der Waals surface area (Å²) < 4.78 is 0. The highest BCUT2D eigenvalue weighted by molar-refractivity contribution is 7.98. The van der Waals surface area contributed by atoms with Crippen molar-refractivity contribution < 1.29 is 63.6 Å². The molecule has 0 spiro atoms. The first kappa shape index (κ1) is 44.8. The maximum Gasteiger partial charge on any atom is 0.307 e. The van der Waals surface area contributed by atoms with E-state index >= 15 is 0 Å². The number of carboxylic acids is 4. The highest BCUT2D eigenvalue weighted by Crippen LogP contribution is 2.21. The molecule has 0 radical (unpaired) electrons. The number of aliphatic carboxylic acids is 4. The monoisotopic (exact) mass is 770 g/mol. The van der Waals surface area contributed by atoms with Gasteiger partial charge in [-0.2, -0.15) is 11.8 Å². The van der Waals surface area contributed by atoms with Crippen LogP contribution in [0.5, 0.6) is 0 Å². The first-order valence-corrected chi connectivity index (χ1v) is 18.5. The second-order valence-electron chi connectivity index (χ2n) is 13.1. The molecule has 54 heavy (non-hydrogen) atoms. The summed E-state index contributed by atoms with van der Waals surface area (Å²) in [5.74, 6) is -14.6. The Morgan fingerprint density at radius 2 is 0.944 bits per heavy atom. The number of hydrogen-bond acceptors (Lipinski definition) is 10. The molecular weight excluding hydrogens is 724 g/mol. The molecule has 292 valence electrons. The van der Waals surface area contributed by atoms with Crippen LogP contribution < -0.4 is 10.6 Å². The zero-order chi connectivity index (χ0) is 40.4. The molecule has 2 aromatic carbocycles. The van der Waals surface area contributed by atoms with Crippen LogP contribution >= 0.6 is 11.8 Å². The summed E-state index contributed by atoms with van der Waals surface area (Å²) in [7, 11) is 0. The molecule has 0 saturated heterocycles. The van der Waals surface area contributed by atoms with Gasteiger partial charge in [0, 0.05) is 36.9 Å². The molecule has 0 aliphatic heterocycles. The van der Waals surface area contributed by atoms with Gasteiger partial charge in [-0.1, -0.05) is 67.6 Å². The first-order chi connectivity index (χ1) is 25.5. The van der Waals surface area contributed by atoms with E-state index in [2.05, 4.69) is 10.6 Å². The van der Waals surface area contributed by atoms with Gasteiger partial charge in [-0.25, -0.2) is 0 Å². The van der Waals surface area contributed by atoms with Crippen molar-refractivity contribution in [1.82, 2.24) is 10.6 Å². The van der Waals surface area contributed by atoms with Crippen molar-refractivity contribution in [3.05, 3.63) is 71.8 Å². The Kier molecular flexibility index (Phi) is 18.8. The number of carboxylic acid groups (broad SMARTS) is 4. The van der Waals surface area contributed by atoms with Gasteiger partial charge in [-0.3, -0.25) is 43.2 Å². The van der Waals surface area contributed by atoms with Gasteiger partial charge >= 0.3 is 23.9 Å². The molecule has 0 heterocycles. The quantitative estimate of drug-likeness (QED) is 0.0804. The Morgan fingerprint density at radius 1 is 0.537 bits per heavy atom. The van der Waals surface area contributed by atoms with Crippen molar-refractivity contribution in [3.8, 4) is 0 Å². The van der Waals surface area contributed by atoms with Crippen molar-refractivity contribution in [2.24, 2.45) is 23.7 Å². The van der Waals surface area contributed by atoms with Crippen LogP contribution in [0.2, 0.25) is 0 Å². The van der Waals surface area contributed by atoms with Crippen LogP contribution in [0, 0.1) is 23.7 Å². The smallest absolute Gasteiger partial charge is 0.307 e. The summed E-state index contributed by atoms with van der Waals surface area (Å²) in [6, 6.07) is 14.4. The maximum atomic E-state index is 13.7. The Labute approximate surface area is 316 Å². The van der Waals surface area contributed by atoms with E-state index in [0.717, 1.165) is 17.3 Å². The number of amides is 2. The number of carbonyl (C=O) groups excluding carboxylic acids is 5. The van der Waals surface area contributed by atoms with Crippen LogP contribution in [-0.4, -0.2) is 97.6 Å². The predicted octanol–water partition coefficient (Wildman–Crippen LogP) is 2.68. The largest absolute Gasteiger partial charge is 0.481 e. The first-order valence-electron chi connectivity index (χ1n) is 17.1. The Balaban J connectivity index is 2.31. The van der Waals surface area contributed by atoms with Crippen molar-refractivity contribution >= 4 is 64.8 Å². The number of benzene rings is 2. The molecule has 0 fully saturated rings. The molecule has 0 bridgehead atoms. The molecule has 0 aliphatic carbocycles. The number of ketones is 3. The SMILES string of the molecule is CSC[C@H](CC(=O)[C@H](CC(=O)O)NC(=O)[C@H](CC(=O)O)CC(=O)[C@H](CC(=O)O)NC(=O)[C@@H](CC(=O)[C@@H](C)Cc1ccccc1)Cc1ccccc1)C(=O)O. The molecule has 0 unspecified atom stereocenters. The normalized spacial score (nSPS) is 14.3. The average molecular weight is 771 g/mol. The molecule has 0 saturated carbocycles. The van der Waals surface area contributed by atoms with Crippen LogP contribution in [-0.2, 0) is 56.0 Å². The molecule has 0 aliphatic rings. The number of rotatable bonds is 26. The molecule has 2 amide bonds. The lowest BCUT2D eigenvalue weighted by Gasteiger charge is -2.24. The van der Waals surface area contributed by atoms with Crippen molar-refractivity contribution in [2.75, 3.05) is 12.0 Å². The number of Topliss-reactive ketones (excluding diaryl/α,β-unsaturated/α-hetero) is 3. The summed E-state index contributed by atoms with van der Waals surface area (Å²) in [4.78, 5) is 114. The molecular formula is C38H46N2O13S. The highest BCUT2D eigenvalue weighted by Gasteiger charge is 2.35. The van der Waals surface area contributed by atoms with Gasteiger partial charge in [-0.15, -0.1) is 0 Å². The fourth-order valence-electron chi connectivity index (χ4n) is 5.76. The van der Waals surface area contributed by atoms with E-state index in [9.17, 15) is 63.6 Å². The summed E-state index contributed by atoms with van der Waals surface area (Å²) in [5.41, 5.74) is 1.60. The molecule has 15 nitrogen and oxygen atoms in total. The Bertz CT molecular complexity index is 1650. The Morgan fingerprint density at radius 3 is 1.37 bits per heavy atom. The number of hydrogen-bond donors (Lipinski definition) is 6. The molecule has 0 aromatic heterocycles. The summed E-state index contributed by atoms with van der Waals surface area (Å²) in [5, 5.41) is 42.5. The number of nitrogens with one attached hydrogen (secondary N) is 2. The van der Waals surface area contributed by atoms with Crippen molar-refractivity contribution in [3.63, 3.8) is 0 Å². The van der Waals surface area contributed by atoms with E-state index in [1.165, 1.54) is 0 Å². The minimum atomic E-state index is -1.76. The zero-order valence-electron chi connectivity index (χ0n) is 30.0. The minimum absolute atomic E-state index is 0.00865. The lowest BCUT2D eigenvalue weighted by Crippen LogP contribution is -2.49. The third kappa shape index (κ3) is 16.1. The van der Waals surface area contributed by atoms with E-state index in [1.807, 2.05) is 30.3 Å². The van der Waals surface area contributed by atoms with E-state index < -0.39 is 115 Å². The fourth-order valence-corrected chi connectivity index (χ4v) is 6.42. The highest BCUT2D eigenvalue weighted by atomic mass is 32.2. The molecule has 16 heteroatoms. The second kappa shape index (κ2) is 22.6. The topological polar surface area (TPSA) is 259 Å². The summed E-state index contributed by atoms with van der Waals surface area (Å²) in [6.45, 7) is 1.72. The van der Waals surface area contributed by atoms with Crippen molar-refractivity contribution in [2.45, 2.75) is 70.4 Å². The van der Waals surface area contributed by atoms with Crippen LogP contribution in [0.4, 0.5) is 0 Å². The molecule has 2 rings (SSSR count). The second-order valence-corrected chi connectivity index (χ2v) is 14.0. The van der Waals surface area contributed by atoms with Gasteiger partial charge in [0.05, 0.1) is 43.2 Å². The lowest BCUT2D eigenvalue weighted by atomic mass is 9.87. The minimum Gasteiger partial charge on any atom is -0.481 e. The summed E-state index contributed by atoms with van der Waals surface area (Å²) in [6.07, 6.45) is -2.65. The maximum absolute atomic E-state index is 13.7. The molecule has 6 N–H and O–H groups in total. The number of carbonyl (C=O) groups is 9. The van der Waals surface area contributed by atoms with E-state index in [-0.39, 0.29) is 24.4 Å². The van der Waals surface area contributed by atoms with Gasteiger partial charge in [0.2, 0.25) is 11.8 Å². The number of thioether (sulfide) groups is 1. The van der Waals surface area contributed by atoms with Crippen LogP contribution in [0.1, 0.15) is 56.6 Å². The third-order valence-electron chi connectivity index (χ3n) is 8.65.